The fourth-order valence-electron chi connectivity index (χ4n) is 1.24. The molecule has 0 spiro atoms. The van der Waals surface area contributed by atoms with E-state index in [9.17, 15) is 4.79 Å². The number of aryl methyl sites for hydroxylation is 2. The number of thiazole rings is 1. The van der Waals surface area contributed by atoms with E-state index in [0.29, 0.717) is 0 Å². The predicted octanol–water partition coefficient (Wildman–Crippen LogP) is 0.827. The van der Waals surface area contributed by atoms with Gasteiger partial charge in [-0.15, -0.1) is 11.3 Å². The van der Waals surface area contributed by atoms with Gasteiger partial charge in [-0.05, 0) is 20.8 Å². The van der Waals surface area contributed by atoms with Crippen LogP contribution in [0.2, 0.25) is 0 Å². The number of nitrogens with one attached hydrogen (secondary N) is 1. The molecule has 1 rings (SSSR count). The van der Waals surface area contributed by atoms with E-state index >= 15 is 0 Å². The molecule has 1 heterocycles. The maximum atomic E-state index is 10.4. The van der Waals surface area contributed by atoms with Crippen LogP contribution in [-0.4, -0.2) is 17.5 Å². The molecule has 0 aromatic carbocycles. The second-order valence-corrected chi connectivity index (χ2v) is 4.68. The number of carbonyl (C=O) groups is 1. The minimum atomic E-state index is -0.499. The van der Waals surface area contributed by atoms with Crippen LogP contribution in [0.5, 0.6) is 0 Å². The van der Waals surface area contributed by atoms with Gasteiger partial charge in [-0.2, -0.15) is 5.48 Å². The summed E-state index contributed by atoms with van der Waals surface area (Å²) in [6, 6.07) is -0.0469. The number of primary amides is 1. The Morgan fingerprint density at radius 2 is 2.33 bits per heavy atom. The highest BCUT2D eigenvalue weighted by Gasteiger charge is 2.12. The van der Waals surface area contributed by atoms with E-state index in [1.807, 2.05) is 20.8 Å². The van der Waals surface area contributed by atoms with Crippen molar-refractivity contribution in [1.29, 1.82) is 0 Å². The number of aromatic nitrogens is 1. The molecule has 1 amide bonds. The van der Waals surface area contributed by atoms with Crippen LogP contribution in [-0.2, 0) is 9.63 Å². The molecule has 1 atom stereocenters. The van der Waals surface area contributed by atoms with Gasteiger partial charge in [-0.1, -0.05) is 0 Å². The Balaban J connectivity index is 2.50. The molecule has 6 heteroatoms. The first kappa shape index (κ1) is 12.1. The SMILES string of the molecule is Cc1nc(C(C)NOCC(N)=O)c(C)s1. The number of rotatable bonds is 5. The van der Waals surface area contributed by atoms with Gasteiger partial charge in [0.25, 0.3) is 0 Å². The Labute approximate surface area is 92.6 Å². The Bertz CT molecular complexity index is 351. The van der Waals surface area contributed by atoms with E-state index in [0.717, 1.165) is 15.6 Å². The van der Waals surface area contributed by atoms with Crippen LogP contribution in [0.3, 0.4) is 0 Å². The average Bonchev–Trinajstić information content (AvgIpc) is 2.44. The van der Waals surface area contributed by atoms with Crippen molar-refractivity contribution >= 4 is 17.2 Å². The summed E-state index contributed by atoms with van der Waals surface area (Å²) in [5, 5.41) is 1.02. The fourth-order valence-corrected chi connectivity index (χ4v) is 2.15. The second kappa shape index (κ2) is 5.20. The lowest BCUT2D eigenvalue weighted by Gasteiger charge is -2.11. The molecule has 5 nitrogen and oxygen atoms in total. The highest BCUT2D eigenvalue weighted by molar-refractivity contribution is 7.11. The normalized spacial score (nSPS) is 12.7. The third-order valence-electron chi connectivity index (χ3n) is 1.82. The molecule has 1 unspecified atom stereocenters. The van der Waals surface area contributed by atoms with Gasteiger partial charge in [0.2, 0.25) is 5.91 Å². The number of nitrogens with two attached hydrogens (primary N) is 1. The van der Waals surface area contributed by atoms with Gasteiger partial charge in [-0.3, -0.25) is 9.63 Å². The van der Waals surface area contributed by atoms with Crippen molar-refractivity contribution in [3.63, 3.8) is 0 Å². The van der Waals surface area contributed by atoms with Crippen molar-refractivity contribution in [2.24, 2.45) is 5.73 Å². The van der Waals surface area contributed by atoms with Crippen LogP contribution >= 0.6 is 11.3 Å². The maximum absolute atomic E-state index is 10.4. The van der Waals surface area contributed by atoms with Crippen LogP contribution in [0.1, 0.15) is 28.5 Å². The second-order valence-electron chi connectivity index (χ2n) is 3.27. The lowest BCUT2D eigenvalue weighted by Crippen LogP contribution is -2.27. The molecule has 0 aliphatic heterocycles. The van der Waals surface area contributed by atoms with E-state index in [1.165, 1.54) is 0 Å². The third kappa shape index (κ3) is 3.58. The fraction of sp³-hybridized carbons (Fsp3) is 0.556. The minimum absolute atomic E-state index is 0.0469. The van der Waals surface area contributed by atoms with Crippen LogP contribution in [0, 0.1) is 13.8 Å². The molecule has 0 aliphatic rings. The van der Waals surface area contributed by atoms with Gasteiger partial charge >= 0.3 is 0 Å². The molecule has 0 radical (unpaired) electrons. The summed E-state index contributed by atoms with van der Waals surface area (Å²) in [7, 11) is 0. The summed E-state index contributed by atoms with van der Waals surface area (Å²) in [5.41, 5.74) is 8.61. The number of amides is 1. The van der Waals surface area contributed by atoms with Gasteiger partial charge in [0, 0.05) is 4.88 Å². The van der Waals surface area contributed by atoms with E-state index in [2.05, 4.69) is 10.5 Å². The summed E-state index contributed by atoms with van der Waals surface area (Å²) >= 11 is 1.64. The zero-order valence-corrected chi connectivity index (χ0v) is 9.85. The zero-order chi connectivity index (χ0) is 11.4. The van der Waals surface area contributed by atoms with E-state index in [1.54, 1.807) is 11.3 Å². The van der Waals surface area contributed by atoms with Gasteiger partial charge in [0.15, 0.2) is 0 Å². The molecule has 0 fully saturated rings. The number of nitrogens with zero attached hydrogens (tertiary/aromatic N) is 1. The van der Waals surface area contributed by atoms with Crippen molar-refractivity contribution in [3.8, 4) is 0 Å². The molecule has 0 saturated carbocycles. The maximum Gasteiger partial charge on any atom is 0.245 e. The summed E-state index contributed by atoms with van der Waals surface area (Å²) in [5.74, 6) is -0.499. The highest BCUT2D eigenvalue weighted by Crippen LogP contribution is 2.22. The zero-order valence-electron chi connectivity index (χ0n) is 9.03. The summed E-state index contributed by atoms with van der Waals surface area (Å²) in [6.07, 6.45) is 0. The standard InChI is InChI=1S/C9H15N3O2S/c1-5(12-14-4-8(10)13)9-6(2)15-7(3)11-9/h5,12H,4H2,1-3H3,(H2,10,13). The van der Waals surface area contributed by atoms with Crippen LogP contribution < -0.4 is 11.2 Å². The smallest absolute Gasteiger partial charge is 0.245 e. The molecule has 0 bridgehead atoms. The summed E-state index contributed by atoms with van der Waals surface area (Å²) in [4.78, 5) is 20.9. The lowest BCUT2D eigenvalue weighted by molar-refractivity contribution is -0.126. The molecule has 0 saturated heterocycles. The van der Waals surface area contributed by atoms with Crippen molar-refractivity contribution < 1.29 is 9.63 Å². The van der Waals surface area contributed by atoms with Crippen molar-refractivity contribution in [2.45, 2.75) is 26.8 Å². The number of hydrogen-bond acceptors (Lipinski definition) is 5. The largest absolute Gasteiger partial charge is 0.368 e. The Morgan fingerprint density at radius 3 is 2.80 bits per heavy atom. The Kier molecular flexibility index (Phi) is 4.19. The first-order valence-electron chi connectivity index (χ1n) is 4.60. The van der Waals surface area contributed by atoms with E-state index in [-0.39, 0.29) is 12.6 Å². The van der Waals surface area contributed by atoms with Crippen LogP contribution in [0.4, 0.5) is 0 Å². The first-order chi connectivity index (χ1) is 7.00. The molecular weight excluding hydrogens is 214 g/mol. The molecule has 3 N–H and O–H groups in total. The van der Waals surface area contributed by atoms with Crippen molar-refractivity contribution in [1.82, 2.24) is 10.5 Å². The number of hydrogen-bond donors (Lipinski definition) is 2. The highest BCUT2D eigenvalue weighted by atomic mass is 32.1. The first-order valence-corrected chi connectivity index (χ1v) is 5.42. The van der Waals surface area contributed by atoms with Gasteiger partial charge in [-0.25, -0.2) is 4.98 Å². The quantitative estimate of drug-likeness (QED) is 0.733. The van der Waals surface area contributed by atoms with E-state index < -0.39 is 5.91 Å². The Hall–Kier alpha value is -0.980. The van der Waals surface area contributed by atoms with Crippen molar-refractivity contribution in [2.75, 3.05) is 6.61 Å². The van der Waals surface area contributed by atoms with Gasteiger partial charge < -0.3 is 5.73 Å². The molecular formula is C9H15N3O2S. The summed E-state index contributed by atoms with van der Waals surface area (Å²) < 4.78 is 0. The average molecular weight is 229 g/mol. The number of hydroxylamine groups is 1. The summed E-state index contributed by atoms with van der Waals surface area (Å²) in [6.45, 7) is 5.75. The minimum Gasteiger partial charge on any atom is -0.368 e. The molecule has 0 aliphatic carbocycles. The topological polar surface area (TPSA) is 77.2 Å². The molecule has 1 aromatic heterocycles. The lowest BCUT2D eigenvalue weighted by atomic mass is 10.2. The van der Waals surface area contributed by atoms with Gasteiger partial charge in [0.05, 0.1) is 16.7 Å². The molecule has 1 aromatic rings. The molecule has 15 heavy (non-hydrogen) atoms. The molecule has 84 valence electrons. The van der Waals surface area contributed by atoms with Crippen LogP contribution in [0.15, 0.2) is 0 Å². The van der Waals surface area contributed by atoms with Gasteiger partial charge in [0.1, 0.15) is 6.61 Å². The van der Waals surface area contributed by atoms with Crippen LogP contribution in [0.25, 0.3) is 0 Å². The third-order valence-corrected chi connectivity index (χ3v) is 2.73. The predicted molar refractivity (Wildman–Crippen MR) is 58.3 cm³/mol. The van der Waals surface area contributed by atoms with E-state index in [4.69, 9.17) is 10.6 Å². The number of carbonyl (C=O) groups excluding carboxylic acids is 1. The Morgan fingerprint density at radius 1 is 1.67 bits per heavy atom. The monoisotopic (exact) mass is 229 g/mol. The van der Waals surface area contributed by atoms with Crippen molar-refractivity contribution in [3.05, 3.63) is 15.6 Å².